The van der Waals surface area contributed by atoms with Crippen LogP contribution in [0.15, 0.2) is 0 Å². The zero-order valence-corrected chi connectivity index (χ0v) is 7.31. The van der Waals surface area contributed by atoms with Gasteiger partial charge in [0.1, 0.15) is 0 Å². The molecule has 0 aromatic carbocycles. The molecule has 6 heteroatoms. The largest absolute Gasteiger partial charge is 0.322 e. The van der Waals surface area contributed by atoms with Crippen molar-refractivity contribution in [3.05, 3.63) is 0 Å². The van der Waals surface area contributed by atoms with Gasteiger partial charge in [-0.15, -0.1) is 0 Å². The summed E-state index contributed by atoms with van der Waals surface area (Å²) in [5.41, 5.74) is 4.90. The quantitative estimate of drug-likeness (QED) is 0.571. The molecule has 5 nitrogen and oxygen atoms in total. The fraction of sp³-hybridized carbons (Fsp3) is 0.800. The van der Waals surface area contributed by atoms with Gasteiger partial charge in [-0.1, -0.05) is 0 Å². The molecular weight excluding hydrogens is 168 g/mol. The van der Waals surface area contributed by atoms with E-state index in [4.69, 9.17) is 5.73 Å². The Morgan fingerprint density at radius 3 is 2.27 bits per heavy atom. The van der Waals surface area contributed by atoms with Crippen molar-refractivity contribution in [1.82, 2.24) is 4.72 Å². The van der Waals surface area contributed by atoms with Crippen LogP contribution in [0.3, 0.4) is 0 Å². The molecule has 0 saturated carbocycles. The number of carbonyl (C=O) groups excluding carboxylic acids is 1. The molecule has 66 valence electrons. The lowest BCUT2D eigenvalue weighted by Crippen LogP contribution is -2.39. The van der Waals surface area contributed by atoms with E-state index < -0.39 is 21.2 Å². The number of sulfonamides is 1. The summed E-state index contributed by atoms with van der Waals surface area (Å²) in [6, 6.07) is 0. The van der Waals surface area contributed by atoms with E-state index in [1.54, 1.807) is 0 Å². The standard InChI is InChI=1S/C5H12N2O3S/c1-4(2)11(9,10)7-5(8)3-6/h4H,3,6H2,1-2H3,(H,7,8). The Balaban J connectivity index is 4.27. The number of nitrogens with one attached hydrogen (secondary N) is 1. The predicted molar refractivity (Wildman–Crippen MR) is 41.3 cm³/mol. The van der Waals surface area contributed by atoms with Crippen LogP contribution in [0.5, 0.6) is 0 Å². The van der Waals surface area contributed by atoms with Crippen LogP contribution >= 0.6 is 0 Å². The van der Waals surface area contributed by atoms with Gasteiger partial charge in [0.15, 0.2) is 0 Å². The van der Waals surface area contributed by atoms with Gasteiger partial charge in [0, 0.05) is 0 Å². The van der Waals surface area contributed by atoms with Gasteiger partial charge in [0.05, 0.1) is 11.8 Å². The summed E-state index contributed by atoms with van der Waals surface area (Å²) in [4.78, 5) is 10.5. The summed E-state index contributed by atoms with van der Waals surface area (Å²) in [6.07, 6.45) is 0. The number of hydrogen-bond donors (Lipinski definition) is 2. The van der Waals surface area contributed by atoms with Crippen LogP contribution in [0.4, 0.5) is 0 Å². The molecule has 0 fully saturated rings. The first-order valence-corrected chi connectivity index (χ1v) is 4.69. The van der Waals surface area contributed by atoms with E-state index in [1.807, 2.05) is 4.72 Å². The van der Waals surface area contributed by atoms with E-state index in [0.717, 1.165) is 0 Å². The molecule has 1 amide bonds. The van der Waals surface area contributed by atoms with Gasteiger partial charge >= 0.3 is 0 Å². The third kappa shape index (κ3) is 3.33. The van der Waals surface area contributed by atoms with Gasteiger partial charge in [0.25, 0.3) is 0 Å². The minimum Gasteiger partial charge on any atom is -0.322 e. The van der Waals surface area contributed by atoms with E-state index in [9.17, 15) is 13.2 Å². The van der Waals surface area contributed by atoms with E-state index in [2.05, 4.69) is 0 Å². The van der Waals surface area contributed by atoms with Gasteiger partial charge in [-0.05, 0) is 13.8 Å². The third-order valence-electron chi connectivity index (χ3n) is 1.06. The topological polar surface area (TPSA) is 89.3 Å². The van der Waals surface area contributed by atoms with Crippen LogP contribution in [0.1, 0.15) is 13.8 Å². The molecule has 0 atom stereocenters. The first-order valence-electron chi connectivity index (χ1n) is 3.14. The average molecular weight is 180 g/mol. The maximum Gasteiger partial charge on any atom is 0.247 e. The first-order chi connectivity index (χ1) is 4.90. The minimum atomic E-state index is -3.49. The van der Waals surface area contributed by atoms with Crippen LogP contribution in [-0.4, -0.2) is 26.1 Å². The first kappa shape index (κ1) is 10.4. The zero-order valence-electron chi connectivity index (χ0n) is 6.49. The van der Waals surface area contributed by atoms with Crippen molar-refractivity contribution in [3.8, 4) is 0 Å². The summed E-state index contributed by atoms with van der Waals surface area (Å²) in [5, 5.41) is -0.613. The molecule has 11 heavy (non-hydrogen) atoms. The van der Waals surface area contributed by atoms with Crippen molar-refractivity contribution in [3.63, 3.8) is 0 Å². The molecule has 0 bridgehead atoms. The Morgan fingerprint density at radius 1 is 1.55 bits per heavy atom. The van der Waals surface area contributed by atoms with Crippen molar-refractivity contribution in [1.29, 1.82) is 0 Å². The van der Waals surface area contributed by atoms with Crippen molar-refractivity contribution < 1.29 is 13.2 Å². The van der Waals surface area contributed by atoms with Gasteiger partial charge in [-0.2, -0.15) is 0 Å². The SMILES string of the molecule is CC(C)S(=O)(=O)NC(=O)CN. The highest BCUT2D eigenvalue weighted by molar-refractivity contribution is 7.90. The maximum atomic E-state index is 10.9. The average Bonchev–Trinajstić information content (AvgIpc) is 1.86. The molecule has 0 aliphatic carbocycles. The monoisotopic (exact) mass is 180 g/mol. The molecule has 0 saturated heterocycles. The Morgan fingerprint density at radius 2 is 2.00 bits per heavy atom. The summed E-state index contributed by atoms with van der Waals surface area (Å²) < 4.78 is 23.6. The van der Waals surface area contributed by atoms with E-state index in [1.165, 1.54) is 13.8 Å². The van der Waals surface area contributed by atoms with Crippen molar-refractivity contribution in [2.45, 2.75) is 19.1 Å². The fourth-order valence-electron chi connectivity index (χ4n) is 0.318. The van der Waals surface area contributed by atoms with E-state index in [-0.39, 0.29) is 6.54 Å². The van der Waals surface area contributed by atoms with Crippen LogP contribution in [0.25, 0.3) is 0 Å². The van der Waals surface area contributed by atoms with Crippen molar-refractivity contribution in [2.75, 3.05) is 6.54 Å². The Kier molecular flexibility index (Phi) is 3.47. The van der Waals surface area contributed by atoms with E-state index in [0.29, 0.717) is 0 Å². The van der Waals surface area contributed by atoms with Gasteiger partial charge < -0.3 is 5.73 Å². The van der Waals surface area contributed by atoms with Crippen molar-refractivity contribution in [2.24, 2.45) is 5.73 Å². The molecule has 0 spiro atoms. The fourth-order valence-corrected chi connectivity index (χ4v) is 0.955. The molecule has 0 rings (SSSR count). The zero-order chi connectivity index (χ0) is 9.07. The third-order valence-corrected chi connectivity index (χ3v) is 2.82. The highest BCUT2D eigenvalue weighted by Gasteiger charge is 2.17. The molecular formula is C5H12N2O3S. The van der Waals surface area contributed by atoms with Crippen molar-refractivity contribution >= 4 is 15.9 Å². The second kappa shape index (κ2) is 3.68. The second-order valence-electron chi connectivity index (χ2n) is 2.32. The van der Waals surface area contributed by atoms with Crippen LogP contribution < -0.4 is 10.5 Å². The molecule has 0 unspecified atom stereocenters. The van der Waals surface area contributed by atoms with Gasteiger partial charge in [-0.3, -0.25) is 9.52 Å². The molecule has 0 radical (unpaired) electrons. The lowest BCUT2D eigenvalue weighted by molar-refractivity contribution is -0.118. The van der Waals surface area contributed by atoms with Crippen LogP contribution in [0.2, 0.25) is 0 Å². The summed E-state index contributed by atoms with van der Waals surface area (Å²) in [7, 11) is -3.49. The highest BCUT2D eigenvalue weighted by atomic mass is 32.2. The molecule has 0 aromatic rings. The number of nitrogens with two attached hydrogens (primary N) is 1. The minimum absolute atomic E-state index is 0.314. The normalized spacial score (nSPS) is 11.6. The Bertz CT molecular complexity index is 232. The summed E-state index contributed by atoms with van der Waals surface area (Å²) in [6.45, 7) is 2.64. The molecule has 0 aliphatic rings. The Hall–Kier alpha value is -0.620. The number of amides is 1. The highest BCUT2D eigenvalue weighted by Crippen LogP contribution is 1.94. The molecule has 0 aliphatic heterocycles. The van der Waals surface area contributed by atoms with Gasteiger partial charge in [0.2, 0.25) is 15.9 Å². The molecule has 3 N–H and O–H groups in total. The van der Waals surface area contributed by atoms with Gasteiger partial charge in [-0.25, -0.2) is 8.42 Å². The lowest BCUT2D eigenvalue weighted by atomic mass is 10.6. The predicted octanol–water partition coefficient (Wildman–Crippen LogP) is -1.20. The number of hydrogen-bond acceptors (Lipinski definition) is 4. The lowest BCUT2D eigenvalue weighted by Gasteiger charge is -2.07. The smallest absolute Gasteiger partial charge is 0.247 e. The Labute approximate surface area is 66.0 Å². The molecule has 0 heterocycles. The maximum absolute atomic E-state index is 10.9. The second-order valence-corrected chi connectivity index (χ2v) is 4.56. The van der Waals surface area contributed by atoms with E-state index >= 15 is 0 Å². The number of carbonyl (C=O) groups is 1. The van der Waals surface area contributed by atoms with Crippen LogP contribution in [0, 0.1) is 0 Å². The summed E-state index contributed by atoms with van der Waals surface area (Å²) >= 11 is 0. The number of rotatable bonds is 3. The molecule has 0 aromatic heterocycles. The van der Waals surface area contributed by atoms with Crippen LogP contribution in [-0.2, 0) is 14.8 Å². The summed E-state index contributed by atoms with van der Waals surface area (Å²) in [5.74, 6) is -0.682.